The number of carboxylic acid groups (broad SMARTS) is 1. The Bertz CT molecular complexity index is 867. The van der Waals surface area contributed by atoms with Crippen LogP contribution in [0, 0.1) is 0 Å². The van der Waals surface area contributed by atoms with Crippen LogP contribution in [0.2, 0.25) is 0 Å². The lowest BCUT2D eigenvalue weighted by atomic mass is 9.98. The lowest BCUT2D eigenvalue weighted by Crippen LogP contribution is -2.22. The molecule has 0 heterocycles. The van der Waals surface area contributed by atoms with Crippen LogP contribution in [0.25, 0.3) is 10.8 Å². The van der Waals surface area contributed by atoms with Gasteiger partial charge in [-0.1, -0.05) is 54.6 Å². The SMILES string of the molecule is C[C@H](c1cccc2ccccc12)N(C)Cc1cccc(C(=O)O)c1. The molecule has 0 aliphatic heterocycles. The van der Waals surface area contributed by atoms with Crippen molar-refractivity contribution in [2.24, 2.45) is 0 Å². The Kier molecular flexibility index (Phi) is 4.63. The van der Waals surface area contributed by atoms with Gasteiger partial charge in [0, 0.05) is 12.6 Å². The number of hydrogen-bond acceptors (Lipinski definition) is 2. The maximum Gasteiger partial charge on any atom is 0.335 e. The number of aromatic carboxylic acids is 1. The summed E-state index contributed by atoms with van der Waals surface area (Å²) >= 11 is 0. The number of hydrogen-bond donors (Lipinski definition) is 1. The number of fused-ring (bicyclic) bond motifs is 1. The zero-order chi connectivity index (χ0) is 17.1. The number of rotatable bonds is 5. The van der Waals surface area contributed by atoms with E-state index in [1.807, 2.05) is 6.07 Å². The van der Waals surface area contributed by atoms with E-state index in [-0.39, 0.29) is 6.04 Å². The fourth-order valence-electron chi connectivity index (χ4n) is 3.08. The molecule has 3 aromatic rings. The van der Waals surface area contributed by atoms with Gasteiger partial charge in [-0.15, -0.1) is 0 Å². The fraction of sp³-hybridized carbons (Fsp3) is 0.190. The monoisotopic (exact) mass is 319 g/mol. The van der Waals surface area contributed by atoms with Crippen LogP contribution in [0.5, 0.6) is 0 Å². The van der Waals surface area contributed by atoms with Crippen molar-refractivity contribution in [3.63, 3.8) is 0 Å². The summed E-state index contributed by atoms with van der Waals surface area (Å²) in [5, 5.41) is 11.6. The van der Waals surface area contributed by atoms with Gasteiger partial charge in [0.15, 0.2) is 0 Å². The van der Waals surface area contributed by atoms with Crippen LogP contribution in [-0.4, -0.2) is 23.0 Å². The van der Waals surface area contributed by atoms with Crippen molar-refractivity contribution in [2.45, 2.75) is 19.5 Å². The van der Waals surface area contributed by atoms with Crippen LogP contribution in [0.15, 0.2) is 66.7 Å². The summed E-state index contributed by atoms with van der Waals surface area (Å²) in [5.41, 5.74) is 2.62. The number of nitrogens with zero attached hydrogens (tertiary/aromatic N) is 1. The van der Waals surface area contributed by atoms with E-state index in [1.165, 1.54) is 16.3 Å². The summed E-state index contributed by atoms with van der Waals surface area (Å²) in [6, 6.07) is 22.1. The summed E-state index contributed by atoms with van der Waals surface area (Å²) in [5.74, 6) is -0.887. The Balaban J connectivity index is 1.85. The Labute approximate surface area is 142 Å². The third-order valence-corrected chi connectivity index (χ3v) is 4.54. The van der Waals surface area contributed by atoms with Crippen LogP contribution in [0.3, 0.4) is 0 Å². The molecule has 1 N–H and O–H groups in total. The Morgan fingerprint density at radius 1 is 1.04 bits per heavy atom. The predicted octanol–water partition coefficient (Wildman–Crippen LogP) is 4.73. The van der Waals surface area contributed by atoms with Crippen molar-refractivity contribution < 1.29 is 9.90 Å². The fourth-order valence-corrected chi connectivity index (χ4v) is 3.08. The third kappa shape index (κ3) is 3.31. The summed E-state index contributed by atoms with van der Waals surface area (Å²) in [7, 11) is 2.07. The Morgan fingerprint density at radius 3 is 2.54 bits per heavy atom. The van der Waals surface area contributed by atoms with Crippen LogP contribution < -0.4 is 0 Å². The molecule has 0 aliphatic rings. The molecule has 3 rings (SSSR count). The molecule has 0 radical (unpaired) electrons. The maximum atomic E-state index is 11.1. The van der Waals surface area contributed by atoms with Gasteiger partial charge in [-0.3, -0.25) is 4.90 Å². The second kappa shape index (κ2) is 6.85. The second-order valence-electron chi connectivity index (χ2n) is 6.16. The summed E-state index contributed by atoms with van der Waals surface area (Å²) in [6.07, 6.45) is 0. The van der Waals surface area contributed by atoms with E-state index in [1.54, 1.807) is 18.2 Å². The van der Waals surface area contributed by atoms with Gasteiger partial charge in [0.25, 0.3) is 0 Å². The van der Waals surface area contributed by atoms with E-state index in [0.29, 0.717) is 12.1 Å². The molecule has 3 nitrogen and oxygen atoms in total. The van der Waals surface area contributed by atoms with Gasteiger partial charge < -0.3 is 5.11 Å². The molecule has 1 atom stereocenters. The molecule has 122 valence electrons. The summed E-state index contributed by atoms with van der Waals surface area (Å²) < 4.78 is 0. The van der Waals surface area contributed by atoms with E-state index >= 15 is 0 Å². The number of benzene rings is 3. The van der Waals surface area contributed by atoms with Gasteiger partial charge in [0.1, 0.15) is 0 Å². The Morgan fingerprint density at radius 2 is 1.75 bits per heavy atom. The lowest BCUT2D eigenvalue weighted by molar-refractivity contribution is 0.0696. The average Bonchev–Trinajstić information content (AvgIpc) is 2.60. The molecule has 3 heteroatoms. The maximum absolute atomic E-state index is 11.1. The highest BCUT2D eigenvalue weighted by molar-refractivity contribution is 5.87. The van der Waals surface area contributed by atoms with Crippen molar-refractivity contribution in [3.05, 3.63) is 83.4 Å². The van der Waals surface area contributed by atoms with Crippen molar-refractivity contribution in [1.29, 1.82) is 0 Å². The zero-order valence-corrected chi connectivity index (χ0v) is 13.9. The third-order valence-electron chi connectivity index (χ3n) is 4.54. The Hall–Kier alpha value is -2.65. The minimum atomic E-state index is -0.887. The molecule has 0 unspecified atom stereocenters. The molecule has 0 bridgehead atoms. The number of carboxylic acids is 1. The van der Waals surface area contributed by atoms with Crippen LogP contribution >= 0.6 is 0 Å². The quantitative estimate of drug-likeness (QED) is 0.739. The van der Waals surface area contributed by atoms with Crippen LogP contribution in [-0.2, 0) is 6.54 Å². The smallest absolute Gasteiger partial charge is 0.335 e. The molecule has 0 fully saturated rings. The van der Waals surface area contributed by atoms with Gasteiger partial charge in [0.2, 0.25) is 0 Å². The van der Waals surface area contributed by atoms with E-state index in [2.05, 4.69) is 61.3 Å². The van der Waals surface area contributed by atoms with Crippen molar-refractivity contribution >= 4 is 16.7 Å². The van der Waals surface area contributed by atoms with Crippen LogP contribution in [0.4, 0.5) is 0 Å². The molecule has 0 saturated heterocycles. The molecular formula is C21H21NO2. The van der Waals surface area contributed by atoms with Gasteiger partial charge in [-0.2, -0.15) is 0 Å². The van der Waals surface area contributed by atoms with Gasteiger partial charge in [-0.25, -0.2) is 4.79 Å². The van der Waals surface area contributed by atoms with Gasteiger partial charge >= 0.3 is 5.97 Å². The topological polar surface area (TPSA) is 40.5 Å². The highest BCUT2D eigenvalue weighted by Crippen LogP contribution is 2.28. The molecule has 3 aromatic carbocycles. The van der Waals surface area contributed by atoms with Crippen molar-refractivity contribution in [1.82, 2.24) is 4.90 Å². The molecule has 0 saturated carbocycles. The first-order valence-electron chi connectivity index (χ1n) is 8.06. The minimum absolute atomic E-state index is 0.226. The lowest BCUT2D eigenvalue weighted by Gasteiger charge is -2.26. The van der Waals surface area contributed by atoms with E-state index in [4.69, 9.17) is 5.11 Å². The first kappa shape index (κ1) is 16.2. The predicted molar refractivity (Wildman–Crippen MR) is 97.2 cm³/mol. The largest absolute Gasteiger partial charge is 0.478 e. The van der Waals surface area contributed by atoms with Crippen molar-refractivity contribution in [2.75, 3.05) is 7.05 Å². The molecule has 0 spiro atoms. The van der Waals surface area contributed by atoms with E-state index in [0.717, 1.165) is 5.56 Å². The first-order chi connectivity index (χ1) is 11.6. The highest BCUT2D eigenvalue weighted by Gasteiger charge is 2.15. The zero-order valence-electron chi connectivity index (χ0n) is 13.9. The normalized spacial score (nSPS) is 12.5. The van der Waals surface area contributed by atoms with Crippen molar-refractivity contribution in [3.8, 4) is 0 Å². The molecule has 0 amide bonds. The molecule has 0 aromatic heterocycles. The van der Waals surface area contributed by atoms with E-state index < -0.39 is 5.97 Å². The average molecular weight is 319 g/mol. The van der Waals surface area contributed by atoms with E-state index in [9.17, 15) is 4.79 Å². The molecule has 24 heavy (non-hydrogen) atoms. The first-order valence-corrected chi connectivity index (χ1v) is 8.06. The minimum Gasteiger partial charge on any atom is -0.478 e. The summed E-state index contributed by atoms with van der Waals surface area (Å²) in [6.45, 7) is 2.88. The second-order valence-corrected chi connectivity index (χ2v) is 6.16. The van der Waals surface area contributed by atoms with Crippen LogP contribution in [0.1, 0.15) is 34.5 Å². The standard InChI is InChI=1S/C21H21NO2/c1-15(19-12-6-9-17-8-3-4-11-20(17)19)22(2)14-16-7-5-10-18(13-16)21(23)24/h3-13,15H,14H2,1-2H3,(H,23,24)/t15-/m1/s1. The highest BCUT2D eigenvalue weighted by atomic mass is 16.4. The molecular weight excluding hydrogens is 298 g/mol. The summed E-state index contributed by atoms with van der Waals surface area (Å²) in [4.78, 5) is 13.4. The number of carbonyl (C=O) groups is 1. The molecule has 0 aliphatic carbocycles. The van der Waals surface area contributed by atoms with Gasteiger partial charge in [-0.05, 0) is 48.0 Å². The van der Waals surface area contributed by atoms with Gasteiger partial charge in [0.05, 0.1) is 5.56 Å².